The molecule has 0 aromatic carbocycles. The van der Waals surface area contributed by atoms with Gasteiger partial charge < -0.3 is 0 Å². The number of hydrogen-bond donors (Lipinski definition) is 0. The summed E-state index contributed by atoms with van der Waals surface area (Å²) < 4.78 is 0. The van der Waals surface area contributed by atoms with Crippen LogP contribution in [-0.4, -0.2) is 5.38 Å². The fourth-order valence-electron chi connectivity index (χ4n) is 1.20. The maximum atomic E-state index is 6.11. The summed E-state index contributed by atoms with van der Waals surface area (Å²) in [6.07, 6.45) is 4.91. The standard InChI is InChI=1S/C9H19Cl/c1-4-6-8(3)9(10)7-5-2/h8-9H,4-7H2,1-3H3. The van der Waals surface area contributed by atoms with E-state index in [0.29, 0.717) is 11.3 Å². The predicted molar refractivity (Wildman–Crippen MR) is 48.6 cm³/mol. The second-order valence-electron chi connectivity index (χ2n) is 3.07. The molecule has 0 spiro atoms. The van der Waals surface area contributed by atoms with Crippen LogP contribution in [0.2, 0.25) is 0 Å². The third-order valence-electron chi connectivity index (χ3n) is 1.93. The van der Waals surface area contributed by atoms with Gasteiger partial charge in [0.05, 0.1) is 0 Å². The van der Waals surface area contributed by atoms with Gasteiger partial charge in [-0.1, -0.05) is 33.6 Å². The van der Waals surface area contributed by atoms with Crippen molar-refractivity contribution >= 4 is 11.6 Å². The van der Waals surface area contributed by atoms with Crippen LogP contribution in [0.3, 0.4) is 0 Å². The van der Waals surface area contributed by atoms with Crippen molar-refractivity contribution in [2.45, 2.75) is 51.8 Å². The molecule has 62 valence electrons. The SMILES string of the molecule is CCCC(C)C(Cl)CCC. The second kappa shape index (κ2) is 6.03. The highest BCUT2D eigenvalue weighted by atomic mass is 35.5. The molecule has 0 nitrogen and oxygen atoms in total. The van der Waals surface area contributed by atoms with Crippen LogP contribution in [0.5, 0.6) is 0 Å². The number of rotatable bonds is 5. The first-order valence-electron chi connectivity index (χ1n) is 4.36. The van der Waals surface area contributed by atoms with Crippen molar-refractivity contribution in [2.75, 3.05) is 0 Å². The molecule has 0 fully saturated rings. The molecule has 0 amide bonds. The van der Waals surface area contributed by atoms with Crippen molar-refractivity contribution in [1.82, 2.24) is 0 Å². The maximum absolute atomic E-state index is 6.11. The van der Waals surface area contributed by atoms with Crippen LogP contribution >= 0.6 is 11.6 Å². The van der Waals surface area contributed by atoms with Gasteiger partial charge in [-0.3, -0.25) is 0 Å². The van der Waals surface area contributed by atoms with E-state index in [1.807, 2.05) is 0 Å². The van der Waals surface area contributed by atoms with Crippen LogP contribution in [0.4, 0.5) is 0 Å². The van der Waals surface area contributed by atoms with Gasteiger partial charge in [-0.2, -0.15) is 0 Å². The highest BCUT2D eigenvalue weighted by Gasteiger charge is 2.11. The first-order chi connectivity index (χ1) is 4.72. The lowest BCUT2D eigenvalue weighted by atomic mass is 9.99. The Morgan fingerprint density at radius 1 is 1.10 bits per heavy atom. The summed E-state index contributed by atoms with van der Waals surface area (Å²) >= 11 is 6.11. The zero-order valence-corrected chi connectivity index (χ0v) is 8.12. The number of alkyl halides is 1. The van der Waals surface area contributed by atoms with E-state index in [9.17, 15) is 0 Å². The monoisotopic (exact) mass is 162 g/mol. The van der Waals surface area contributed by atoms with Crippen molar-refractivity contribution in [3.63, 3.8) is 0 Å². The molecule has 0 aliphatic carbocycles. The maximum Gasteiger partial charge on any atom is 0.0361 e. The van der Waals surface area contributed by atoms with E-state index in [4.69, 9.17) is 11.6 Å². The molecule has 0 aliphatic rings. The Balaban J connectivity index is 3.38. The van der Waals surface area contributed by atoms with E-state index >= 15 is 0 Å². The van der Waals surface area contributed by atoms with E-state index in [2.05, 4.69) is 20.8 Å². The van der Waals surface area contributed by atoms with Gasteiger partial charge >= 0.3 is 0 Å². The lowest BCUT2D eigenvalue weighted by molar-refractivity contribution is 0.474. The molecule has 0 N–H and O–H groups in total. The summed E-state index contributed by atoms with van der Waals surface area (Å²) in [5.41, 5.74) is 0. The van der Waals surface area contributed by atoms with Crippen LogP contribution in [0.15, 0.2) is 0 Å². The van der Waals surface area contributed by atoms with Gasteiger partial charge in [0, 0.05) is 5.38 Å². The molecular weight excluding hydrogens is 144 g/mol. The fraction of sp³-hybridized carbons (Fsp3) is 1.00. The molecule has 0 aromatic heterocycles. The van der Waals surface area contributed by atoms with Crippen molar-refractivity contribution in [1.29, 1.82) is 0 Å². The van der Waals surface area contributed by atoms with Crippen LogP contribution < -0.4 is 0 Å². The Kier molecular flexibility index (Phi) is 6.20. The minimum atomic E-state index is 0.407. The van der Waals surface area contributed by atoms with Crippen LogP contribution in [-0.2, 0) is 0 Å². The summed E-state index contributed by atoms with van der Waals surface area (Å²) in [7, 11) is 0. The topological polar surface area (TPSA) is 0 Å². The Labute approximate surface area is 70.0 Å². The van der Waals surface area contributed by atoms with Crippen molar-refractivity contribution in [3.8, 4) is 0 Å². The molecule has 0 saturated carbocycles. The van der Waals surface area contributed by atoms with E-state index in [1.54, 1.807) is 0 Å². The van der Waals surface area contributed by atoms with E-state index in [1.165, 1.54) is 25.7 Å². The van der Waals surface area contributed by atoms with Gasteiger partial charge in [-0.05, 0) is 18.8 Å². The van der Waals surface area contributed by atoms with E-state index < -0.39 is 0 Å². The Hall–Kier alpha value is 0.290. The average Bonchev–Trinajstić information content (AvgIpc) is 1.89. The minimum absolute atomic E-state index is 0.407. The molecule has 0 aromatic rings. The molecule has 10 heavy (non-hydrogen) atoms. The van der Waals surface area contributed by atoms with Gasteiger partial charge in [0.15, 0.2) is 0 Å². The summed E-state index contributed by atoms with van der Waals surface area (Å²) in [5.74, 6) is 0.701. The van der Waals surface area contributed by atoms with Crippen LogP contribution in [0, 0.1) is 5.92 Å². The summed E-state index contributed by atoms with van der Waals surface area (Å²) in [6.45, 7) is 6.65. The third kappa shape index (κ3) is 4.16. The molecule has 0 saturated heterocycles. The molecule has 2 unspecified atom stereocenters. The lowest BCUT2D eigenvalue weighted by Crippen LogP contribution is -2.10. The Morgan fingerprint density at radius 2 is 1.60 bits per heavy atom. The second-order valence-corrected chi connectivity index (χ2v) is 3.63. The molecule has 0 bridgehead atoms. The van der Waals surface area contributed by atoms with Crippen molar-refractivity contribution in [3.05, 3.63) is 0 Å². The summed E-state index contributed by atoms with van der Waals surface area (Å²) in [4.78, 5) is 0. The molecule has 0 rings (SSSR count). The quantitative estimate of drug-likeness (QED) is 0.539. The van der Waals surface area contributed by atoms with Gasteiger partial charge in [0.1, 0.15) is 0 Å². The van der Waals surface area contributed by atoms with Crippen molar-refractivity contribution < 1.29 is 0 Å². The number of hydrogen-bond acceptors (Lipinski definition) is 0. The highest BCUT2D eigenvalue weighted by molar-refractivity contribution is 6.20. The Morgan fingerprint density at radius 3 is 2.00 bits per heavy atom. The first kappa shape index (κ1) is 10.3. The van der Waals surface area contributed by atoms with E-state index in [-0.39, 0.29) is 0 Å². The largest absolute Gasteiger partial charge is 0.123 e. The summed E-state index contributed by atoms with van der Waals surface area (Å²) in [6, 6.07) is 0. The smallest absolute Gasteiger partial charge is 0.0361 e. The zero-order chi connectivity index (χ0) is 7.98. The zero-order valence-electron chi connectivity index (χ0n) is 7.36. The lowest BCUT2D eigenvalue weighted by Gasteiger charge is -2.15. The fourth-order valence-corrected chi connectivity index (χ4v) is 1.54. The highest BCUT2D eigenvalue weighted by Crippen LogP contribution is 2.19. The van der Waals surface area contributed by atoms with Gasteiger partial charge in [-0.15, -0.1) is 11.6 Å². The molecule has 0 aliphatic heterocycles. The third-order valence-corrected chi connectivity index (χ3v) is 2.57. The van der Waals surface area contributed by atoms with Gasteiger partial charge in [-0.25, -0.2) is 0 Å². The molecule has 1 heteroatoms. The van der Waals surface area contributed by atoms with E-state index in [0.717, 1.165) is 0 Å². The molecule has 0 radical (unpaired) electrons. The molecule has 2 atom stereocenters. The van der Waals surface area contributed by atoms with Gasteiger partial charge in [0.25, 0.3) is 0 Å². The molecular formula is C9H19Cl. The van der Waals surface area contributed by atoms with Crippen LogP contribution in [0.1, 0.15) is 46.5 Å². The van der Waals surface area contributed by atoms with Crippen molar-refractivity contribution in [2.24, 2.45) is 5.92 Å². The average molecular weight is 163 g/mol. The normalized spacial score (nSPS) is 16.8. The molecule has 0 heterocycles. The first-order valence-corrected chi connectivity index (χ1v) is 4.80. The van der Waals surface area contributed by atoms with Gasteiger partial charge in [0.2, 0.25) is 0 Å². The van der Waals surface area contributed by atoms with Crippen LogP contribution in [0.25, 0.3) is 0 Å². The summed E-state index contributed by atoms with van der Waals surface area (Å²) in [5, 5.41) is 0.407. The number of halogens is 1. The predicted octanol–water partition coefficient (Wildman–Crippen LogP) is 3.83. The minimum Gasteiger partial charge on any atom is -0.123 e. The Bertz CT molecular complexity index is 61.1.